The zero-order valence-electron chi connectivity index (χ0n) is 11.6. The molecule has 23 heavy (non-hydrogen) atoms. The van der Waals surface area contributed by atoms with Crippen LogP contribution in [-0.4, -0.2) is 24.8 Å². The average molecular weight is 329 g/mol. The molecule has 0 N–H and O–H groups in total. The Labute approximate surface area is 133 Å². The smallest absolute Gasteiger partial charge is 0.234 e. The number of hydrogen-bond acceptors (Lipinski definition) is 5. The van der Waals surface area contributed by atoms with Gasteiger partial charge in [-0.25, -0.2) is 8.78 Å². The van der Waals surface area contributed by atoms with E-state index in [2.05, 4.69) is 20.3 Å². The van der Waals surface area contributed by atoms with E-state index in [-0.39, 0.29) is 0 Å². The molecule has 0 aliphatic rings. The van der Waals surface area contributed by atoms with Crippen molar-refractivity contribution in [3.63, 3.8) is 0 Å². The number of hydrogen-bond donors (Lipinski definition) is 0. The summed E-state index contributed by atoms with van der Waals surface area (Å²) in [5.41, 5.74) is 1.37. The van der Waals surface area contributed by atoms with Crippen molar-refractivity contribution in [2.75, 3.05) is 0 Å². The zero-order valence-corrected chi connectivity index (χ0v) is 12.5. The highest BCUT2D eigenvalue weighted by molar-refractivity contribution is 7.16. The molecule has 5 nitrogen and oxygen atoms in total. The second-order valence-electron chi connectivity index (χ2n) is 4.90. The first kappa shape index (κ1) is 13.9. The lowest BCUT2D eigenvalue weighted by molar-refractivity contribution is 0.580. The molecule has 0 atom stereocenters. The number of benzene rings is 1. The molecule has 0 saturated carbocycles. The fraction of sp³-hybridized carbons (Fsp3) is 0.0667. The van der Waals surface area contributed by atoms with E-state index in [1.54, 1.807) is 16.9 Å². The van der Waals surface area contributed by atoms with Gasteiger partial charge in [-0.05, 0) is 29.8 Å². The third-order valence-corrected chi connectivity index (χ3v) is 4.15. The molecule has 0 saturated heterocycles. The molecule has 8 heteroatoms. The maximum atomic E-state index is 13.3. The Balaban J connectivity index is 1.71. The standard InChI is InChI=1S/C15H9F2N5S/c16-11-5-9(6-12(17)8-11)7-13-21-22-14(19-20-15(22)23-13)10-1-3-18-4-2-10/h1-6,8H,7H2. The van der Waals surface area contributed by atoms with Crippen LogP contribution in [-0.2, 0) is 6.42 Å². The number of fused-ring (bicyclic) bond motifs is 1. The summed E-state index contributed by atoms with van der Waals surface area (Å²) in [6.07, 6.45) is 3.66. The molecule has 0 radical (unpaired) electrons. The van der Waals surface area contributed by atoms with Gasteiger partial charge in [0, 0.05) is 30.4 Å². The quantitative estimate of drug-likeness (QED) is 0.579. The third-order valence-electron chi connectivity index (χ3n) is 3.25. The number of aromatic nitrogens is 5. The Kier molecular flexibility index (Phi) is 3.30. The van der Waals surface area contributed by atoms with Crippen LogP contribution in [0.15, 0.2) is 42.7 Å². The number of nitrogens with zero attached hydrogens (tertiary/aromatic N) is 5. The Morgan fingerprint density at radius 3 is 2.48 bits per heavy atom. The van der Waals surface area contributed by atoms with Crippen LogP contribution < -0.4 is 0 Å². The summed E-state index contributed by atoms with van der Waals surface area (Å²) in [6, 6.07) is 7.09. The molecule has 0 fully saturated rings. The summed E-state index contributed by atoms with van der Waals surface area (Å²) in [7, 11) is 0. The van der Waals surface area contributed by atoms with E-state index >= 15 is 0 Å². The summed E-state index contributed by atoms with van der Waals surface area (Å²) >= 11 is 1.34. The second-order valence-corrected chi connectivity index (χ2v) is 5.94. The molecular weight excluding hydrogens is 320 g/mol. The van der Waals surface area contributed by atoms with Crippen molar-refractivity contribution in [2.45, 2.75) is 6.42 Å². The highest BCUT2D eigenvalue weighted by Gasteiger charge is 2.14. The van der Waals surface area contributed by atoms with E-state index in [9.17, 15) is 8.78 Å². The Hall–Kier alpha value is -2.74. The maximum absolute atomic E-state index is 13.3. The van der Waals surface area contributed by atoms with Gasteiger partial charge in [0.15, 0.2) is 5.82 Å². The summed E-state index contributed by atoms with van der Waals surface area (Å²) in [4.78, 5) is 4.59. The summed E-state index contributed by atoms with van der Waals surface area (Å²) < 4.78 is 28.2. The van der Waals surface area contributed by atoms with Crippen LogP contribution in [0.1, 0.15) is 10.6 Å². The van der Waals surface area contributed by atoms with Crippen molar-refractivity contribution in [1.29, 1.82) is 0 Å². The van der Waals surface area contributed by atoms with Gasteiger partial charge in [-0.15, -0.1) is 10.2 Å². The third kappa shape index (κ3) is 2.68. The van der Waals surface area contributed by atoms with Gasteiger partial charge < -0.3 is 0 Å². The van der Waals surface area contributed by atoms with E-state index in [0.717, 1.165) is 11.6 Å². The zero-order chi connectivity index (χ0) is 15.8. The predicted octanol–water partition coefficient (Wildman–Crippen LogP) is 3.12. The molecule has 0 spiro atoms. The monoisotopic (exact) mass is 329 g/mol. The van der Waals surface area contributed by atoms with Gasteiger partial charge in [0.2, 0.25) is 4.96 Å². The van der Waals surface area contributed by atoms with Crippen molar-refractivity contribution in [1.82, 2.24) is 24.8 Å². The van der Waals surface area contributed by atoms with Crippen LogP contribution in [0.5, 0.6) is 0 Å². The van der Waals surface area contributed by atoms with Crippen LogP contribution in [0.25, 0.3) is 16.3 Å². The fourth-order valence-corrected chi connectivity index (χ4v) is 3.16. The molecule has 0 bridgehead atoms. The number of pyridine rings is 1. The van der Waals surface area contributed by atoms with Crippen molar-refractivity contribution in [3.05, 3.63) is 64.9 Å². The summed E-state index contributed by atoms with van der Waals surface area (Å²) in [5.74, 6) is -0.587. The van der Waals surface area contributed by atoms with Crippen LogP contribution in [0.3, 0.4) is 0 Å². The van der Waals surface area contributed by atoms with Gasteiger partial charge in [-0.3, -0.25) is 4.98 Å². The molecule has 0 aliphatic carbocycles. The lowest BCUT2D eigenvalue weighted by Gasteiger charge is -1.99. The average Bonchev–Trinajstić information content (AvgIpc) is 3.06. The normalized spacial score (nSPS) is 11.2. The van der Waals surface area contributed by atoms with Crippen LogP contribution in [0.2, 0.25) is 0 Å². The first-order valence-electron chi connectivity index (χ1n) is 6.75. The largest absolute Gasteiger partial charge is 0.265 e. The van der Waals surface area contributed by atoms with Crippen LogP contribution in [0, 0.1) is 11.6 Å². The van der Waals surface area contributed by atoms with Gasteiger partial charge in [0.25, 0.3) is 0 Å². The van der Waals surface area contributed by atoms with Gasteiger partial charge in [0.05, 0.1) is 0 Å². The van der Waals surface area contributed by atoms with E-state index in [1.807, 2.05) is 12.1 Å². The Morgan fingerprint density at radius 1 is 1.00 bits per heavy atom. The van der Waals surface area contributed by atoms with Gasteiger partial charge >= 0.3 is 0 Å². The number of rotatable bonds is 3. The first-order chi connectivity index (χ1) is 11.2. The molecule has 3 aromatic heterocycles. The highest BCUT2D eigenvalue weighted by atomic mass is 32.1. The number of halogens is 2. The van der Waals surface area contributed by atoms with Crippen molar-refractivity contribution >= 4 is 16.3 Å². The van der Waals surface area contributed by atoms with Gasteiger partial charge in [0.1, 0.15) is 16.6 Å². The minimum absolute atomic E-state index is 0.332. The minimum Gasteiger partial charge on any atom is -0.265 e. The molecule has 4 rings (SSSR count). The van der Waals surface area contributed by atoms with E-state index in [1.165, 1.54) is 23.5 Å². The van der Waals surface area contributed by atoms with E-state index < -0.39 is 11.6 Å². The van der Waals surface area contributed by atoms with Crippen molar-refractivity contribution < 1.29 is 8.78 Å². The second kappa shape index (κ2) is 5.47. The van der Waals surface area contributed by atoms with Crippen molar-refractivity contribution in [2.24, 2.45) is 0 Å². The Bertz CT molecular complexity index is 960. The van der Waals surface area contributed by atoms with Gasteiger partial charge in [-0.2, -0.15) is 9.61 Å². The minimum atomic E-state index is -0.597. The lowest BCUT2D eigenvalue weighted by Crippen LogP contribution is -1.95. The van der Waals surface area contributed by atoms with Crippen molar-refractivity contribution in [3.8, 4) is 11.4 Å². The SMILES string of the molecule is Fc1cc(F)cc(Cc2nn3c(-c4ccncc4)nnc3s2)c1. The Morgan fingerprint density at radius 2 is 1.74 bits per heavy atom. The first-order valence-corrected chi connectivity index (χ1v) is 7.57. The molecule has 0 aliphatic heterocycles. The highest BCUT2D eigenvalue weighted by Crippen LogP contribution is 2.23. The van der Waals surface area contributed by atoms with E-state index in [4.69, 9.17) is 0 Å². The molecule has 3 heterocycles. The summed E-state index contributed by atoms with van der Waals surface area (Å²) in [5, 5.41) is 13.4. The molecular formula is C15H9F2N5S. The molecule has 0 amide bonds. The van der Waals surface area contributed by atoms with Gasteiger partial charge in [-0.1, -0.05) is 11.3 Å². The molecule has 0 unspecified atom stereocenters. The summed E-state index contributed by atoms with van der Waals surface area (Å²) in [6.45, 7) is 0. The topological polar surface area (TPSA) is 56.0 Å². The maximum Gasteiger partial charge on any atom is 0.234 e. The molecule has 114 valence electrons. The molecule has 1 aromatic carbocycles. The lowest BCUT2D eigenvalue weighted by atomic mass is 10.1. The van der Waals surface area contributed by atoms with E-state index in [0.29, 0.717) is 27.8 Å². The molecule has 4 aromatic rings. The van der Waals surface area contributed by atoms with Crippen LogP contribution in [0.4, 0.5) is 8.78 Å². The van der Waals surface area contributed by atoms with Crippen LogP contribution >= 0.6 is 11.3 Å². The predicted molar refractivity (Wildman–Crippen MR) is 81.1 cm³/mol. The fourth-order valence-electron chi connectivity index (χ4n) is 2.30.